The van der Waals surface area contributed by atoms with Crippen LogP contribution < -0.4 is 13.6 Å². The van der Waals surface area contributed by atoms with Crippen LogP contribution in [0.4, 0.5) is 0 Å². The van der Waals surface area contributed by atoms with Gasteiger partial charge in [0.25, 0.3) is 12.4 Å². The van der Waals surface area contributed by atoms with Crippen LogP contribution in [-0.4, -0.2) is 4.73 Å². The van der Waals surface area contributed by atoms with Crippen molar-refractivity contribution in [3.63, 3.8) is 0 Å². The Balaban J connectivity index is 1.93. The van der Waals surface area contributed by atoms with Gasteiger partial charge in [-0.3, -0.25) is 0 Å². The predicted molar refractivity (Wildman–Crippen MR) is 78.0 cm³/mol. The van der Waals surface area contributed by atoms with Crippen LogP contribution in [0.15, 0.2) is 73.6 Å². The summed E-state index contributed by atoms with van der Waals surface area (Å²) in [5.74, 6) is 0. The van der Waals surface area contributed by atoms with Gasteiger partial charge in [-0.1, -0.05) is 12.1 Å². The van der Waals surface area contributed by atoms with Crippen molar-refractivity contribution in [2.45, 2.75) is 13.1 Å². The molecule has 3 aromatic heterocycles. The van der Waals surface area contributed by atoms with Crippen LogP contribution in [0.1, 0.15) is 11.4 Å². The molecule has 0 aliphatic rings. The highest BCUT2D eigenvalue weighted by molar-refractivity contribution is 5.04. The second-order valence-corrected chi connectivity index (χ2v) is 4.99. The van der Waals surface area contributed by atoms with Gasteiger partial charge < -0.3 is 9.94 Å². The molecule has 0 spiro atoms. The third-order valence-corrected chi connectivity index (χ3v) is 3.32. The molecule has 110 valence electrons. The molecule has 0 atom stereocenters. The fourth-order valence-electron chi connectivity index (χ4n) is 2.28. The third kappa shape index (κ3) is 3.17. The molecule has 0 aromatic carbocycles. The van der Waals surface area contributed by atoms with Crippen LogP contribution in [0, 0.1) is 10.1 Å². The zero-order valence-electron chi connectivity index (χ0n) is 11.9. The molecule has 0 amide bonds. The largest absolute Gasteiger partial charge is 0.805 e. The maximum Gasteiger partial charge on any atom is 0.253 e. The number of hydrogen-bond acceptors (Lipinski definition) is 2. The van der Waals surface area contributed by atoms with Crippen LogP contribution in [0.5, 0.6) is 0 Å². The van der Waals surface area contributed by atoms with E-state index in [4.69, 9.17) is 0 Å². The minimum atomic E-state index is 0.347. The van der Waals surface area contributed by atoms with Gasteiger partial charge in [0.05, 0.1) is 4.43 Å². The van der Waals surface area contributed by atoms with Crippen molar-refractivity contribution in [3.8, 4) is 0 Å². The molecular formula is C16H16N4O2+2. The average Bonchev–Trinajstić information content (AvgIpc) is 2.54. The van der Waals surface area contributed by atoms with Crippen LogP contribution in [-0.2, 0) is 13.1 Å². The minimum absolute atomic E-state index is 0.347. The minimum Gasteiger partial charge on any atom is -0.805 e. The van der Waals surface area contributed by atoms with Gasteiger partial charge >= 0.3 is 0 Å². The first-order valence-electron chi connectivity index (χ1n) is 6.95. The number of rotatable bonds is 4. The highest BCUT2D eigenvalue weighted by atomic mass is 16.5. The molecule has 0 bridgehead atoms. The van der Waals surface area contributed by atoms with Crippen molar-refractivity contribution < 1.29 is 13.6 Å². The molecular weight excluding hydrogens is 280 g/mol. The van der Waals surface area contributed by atoms with Gasteiger partial charge in [0, 0.05) is 29.2 Å². The number of pyridine rings is 2. The van der Waals surface area contributed by atoms with Crippen molar-refractivity contribution in [2.75, 3.05) is 0 Å². The van der Waals surface area contributed by atoms with Crippen molar-refractivity contribution in [2.24, 2.45) is 0 Å². The summed E-state index contributed by atoms with van der Waals surface area (Å²) in [6.07, 6.45) is 10.0. The molecule has 0 N–H and O–H groups in total. The van der Waals surface area contributed by atoms with E-state index in [1.807, 2.05) is 70.3 Å². The summed E-state index contributed by atoms with van der Waals surface area (Å²) in [7, 11) is 0. The lowest BCUT2D eigenvalue weighted by atomic mass is 10.3. The van der Waals surface area contributed by atoms with Crippen LogP contribution in [0.25, 0.3) is 0 Å². The van der Waals surface area contributed by atoms with E-state index in [1.165, 1.54) is 12.4 Å². The average molecular weight is 296 g/mol. The summed E-state index contributed by atoms with van der Waals surface area (Å²) >= 11 is 0. The summed E-state index contributed by atoms with van der Waals surface area (Å²) in [4.78, 5) is 11.8. The van der Waals surface area contributed by atoms with Gasteiger partial charge in [0.15, 0.2) is 37.9 Å². The molecule has 22 heavy (non-hydrogen) atoms. The molecule has 0 saturated heterocycles. The molecule has 6 nitrogen and oxygen atoms in total. The van der Waals surface area contributed by atoms with E-state index < -0.39 is 0 Å². The van der Waals surface area contributed by atoms with Crippen molar-refractivity contribution >= 4 is 0 Å². The highest BCUT2D eigenvalue weighted by Gasteiger charge is 2.15. The Labute approximate surface area is 127 Å². The first-order valence-corrected chi connectivity index (χ1v) is 6.95. The fourth-order valence-corrected chi connectivity index (χ4v) is 2.28. The zero-order chi connectivity index (χ0) is 15.4. The summed E-state index contributed by atoms with van der Waals surface area (Å²) in [5.41, 5.74) is 0.806. The highest BCUT2D eigenvalue weighted by Crippen LogP contribution is 2.01. The monoisotopic (exact) mass is 296 g/mol. The summed E-state index contributed by atoms with van der Waals surface area (Å²) in [5, 5.41) is 12.5. The molecule has 0 aliphatic carbocycles. The van der Waals surface area contributed by atoms with Crippen molar-refractivity contribution in [1.82, 2.24) is 4.73 Å². The third-order valence-electron chi connectivity index (χ3n) is 3.32. The van der Waals surface area contributed by atoms with E-state index in [0.29, 0.717) is 28.9 Å². The van der Waals surface area contributed by atoms with E-state index >= 15 is 0 Å². The SMILES string of the molecule is O=[n+]1cc(C[n+]2ccccc2)n([O-])c(C[n+]2ccccc2)c1. The van der Waals surface area contributed by atoms with Gasteiger partial charge in [0.1, 0.15) is 11.4 Å². The number of aromatic nitrogens is 4. The quantitative estimate of drug-likeness (QED) is 0.655. The van der Waals surface area contributed by atoms with E-state index in [2.05, 4.69) is 0 Å². The number of hydrogen-bond donors (Lipinski definition) is 0. The van der Waals surface area contributed by atoms with Gasteiger partial charge in [-0.2, -0.15) is 9.13 Å². The maximum atomic E-state index is 12.5. The van der Waals surface area contributed by atoms with Gasteiger partial charge in [-0.25, -0.2) is 0 Å². The van der Waals surface area contributed by atoms with Crippen LogP contribution in [0.3, 0.4) is 0 Å². The van der Waals surface area contributed by atoms with Gasteiger partial charge in [0.2, 0.25) is 0 Å². The summed E-state index contributed by atoms with van der Waals surface area (Å²) in [6.45, 7) is 0.694. The standard InChI is InChI=1S/C16H16N4O2/c21-19-13-15(11-17-7-3-1-4-8-17)20(22)16(14-19)12-18-9-5-2-6-10-18/h1-10,13-14H,11-12H2/q+2. The van der Waals surface area contributed by atoms with E-state index in [-0.39, 0.29) is 0 Å². The molecule has 3 aromatic rings. The molecule has 0 saturated carbocycles. The Hall–Kier alpha value is -3.02. The molecule has 6 heteroatoms. The van der Waals surface area contributed by atoms with Gasteiger partial charge in [-0.15, -0.1) is 0 Å². The van der Waals surface area contributed by atoms with Crippen LogP contribution in [0.2, 0.25) is 0 Å². The summed E-state index contributed by atoms with van der Waals surface area (Å²) < 4.78 is 5.22. The Morgan fingerprint density at radius 1 is 0.773 bits per heavy atom. The van der Waals surface area contributed by atoms with Gasteiger partial charge in [-0.05, 0) is 0 Å². The predicted octanol–water partition coefficient (Wildman–Crippen LogP) is 0.420. The molecule has 0 unspecified atom stereocenters. The summed E-state index contributed by atoms with van der Waals surface area (Å²) in [6, 6.07) is 11.3. The Morgan fingerprint density at radius 3 is 1.59 bits per heavy atom. The first kappa shape index (κ1) is 13.9. The Kier molecular flexibility index (Phi) is 3.91. The van der Waals surface area contributed by atoms with E-state index in [9.17, 15) is 10.1 Å². The lowest BCUT2D eigenvalue weighted by Gasteiger charge is -2.15. The topological polar surface area (TPSA) is 58.7 Å². The van der Waals surface area contributed by atoms with Crippen molar-refractivity contribution in [3.05, 3.63) is 95.1 Å². The van der Waals surface area contributed by atoms with Crippen molar-refractivity contribution in [1.29, 1.82) is 0 Å². The second kappa shape index (κ2) is 6.17. The molecule has 0 fully saturated rings. The van der Waals surface area contributed by atoms with E-state index in [0.717, 1.165) is 4.73 Å². The molecule has 3 rings (SSSR count). The second-order valence-electron chi connectivity index (χ2n) is 4.99. The Bertz CT molecular complexity index is 751. The zero-order valence-corrected chi connectivity index (χ0v) is 11.9. The molecule has 3 heterocycles. The first-order chi connectivity index (χ1) is 10.7. The maximum absolute atomic E-state index is 12.5. The van der Waals surface area contributed by atoms with E-state index in [1.54, 1.807) is 0 Å². The lowest BCUT2D eigenvalue weighted by molar-refractivity contribution is -0.692. The Morgan fingerprint density at radius 2 is 1.18 bits per heavy atom. The number of nitrogens with zero attached hydrogens (tertiary/aromatic N) is 4. The molecule has 0 radical (unpaired) electrons. The molecule has 0 aliphatic heterocycles. The van der Waals surface area contributed by atoms with Crippen LogP contribution >= 0.6 is 0 Å². The fraction of sp³-hybridized carbons (Fsp3) is 0.125. The normalized spacial score (nSPS) is 10.5. The smallest absolute Gasteiger partial charge is 0.253 e. The lowest BCUT2D eigenvalue weighted by Crippen LogP contribution is -2.39.